The van der Waals surface area contributed by atoms with Crippen LogP contribution in [0, 0.1) is 6.92 Å². The zero-order chi connectivity index (χ0) is 22.6. The number of carbonyl (C=O) groups excluding carboxylic acids is 1. The number of rotatable bonds is 9. The fourth-order valence-electron chi connectivity index (χ4n) is 3.13. The number of benzene rings is 2. The predicted octanol–water partition coefficient (Wildman–Crippen LogP) is 4.41. The van der Waals surface area contributed by atoms with Crippen LogP contribution in [0.3, 0.4) is 0 Å². The highest BCUT2D eigenvalue weighted by atomic mass is 35.5. The molecule has 31 heavy (non-hydrogen) atoms. The second-order valence-corrected chi connectivity index (χ2v) is 11.1. The first-order valence-electron chi connectivity index (χ1n) is 9.97. The number of hydrogen-bond acceptors (Lipinski definition) is 6. The quantitative estimate of drug-likeness (QED) is 0.454. The van der Waals surface area contributed by atoms with E-state index in [0.29, 0.717) is 23.2 Å². The van der Waals surface area contributed by atoms with E-state index in [9.17, 15) is 13.2 Å². The van der Waals surface area contributed by atoms with Gasteiger partial charge in [-0.25, -0.2) is 13.4 Å². The maximum atomic E-state index is 13.1. The Labute approximate surface area is 192 Å². The van der Waals surface area contributed by atoms with Gasteiger partial charge in [0.05, 0.1) is 20.9 Å². The molecule has 0 saturated carbocycles. The van der Waals surface area contributed by atoms with Crippen LogP contribution in [0.2, 0.25) is 5.02 Å². The first-order chi connectivity index (χ1) is 14.7. The summed E-state index contributed by atoms with van der Waals surface area (Å²) in [6.45, 7) is 3.06. The van der Waals surface area contributed by atoms with Crippen LogP contribution in [-0.2, 0) is 14.6 Å². The van der Waals surface area contributed by atoms with Gasteiger partial charge in [-0.2, -0.15) is 0 Å². The summed E-state index contributed by atoms with van der Waals surface area (Å²) in [7, 11) is 0.474. The molecule has 1 amide bonds. The highest BCUT2D eigenvalue weighted by Crippen LogP contribution is 2.33. The lowest BCUT2D eigenvalue weighted by atomic mass is 10.2. The summed E-state index contributed by atoms with van der Waals surface area (Å²) in [6, 6.07) is 12.1. The first kappa shape index (κ1) is 23.7. The van der Waals surface area contributed by atoms with Crippen molar-refractivity contribution in [2.24, 2.45) is 0 Å². The molecule has 0 radical (unpaired) electrons. The van der Waals surface area contributed by atoms with E-state index >= 15 is 0 Å². The van der Waals surface area contributed by atoms with Gasteiger partial charge in [0.25, 0.3) is 0 Å². The van der Waals surface area contributed by atoms with Crippen molar-refractivity contribution >= 4 is 54.0 Å². The molecule has 166 valence electrons. The molecule has 0 spiro atoms. The smallest absolute Gasteiger partial charge is 0.228 e. The summed E-state index contributed by atoms with van der Waals surface area (Å²) >= 11 is 7.67. The monoisotopic (exact) mass is 479 g/mol. The number of anilines is 1. The molecule has 3 aromatic rings. The first-order valence-corrected chi connectivity index (χ1v) is 12.8. The Morgan fingerprint density at radius 1 is 1.10 bits per heavy atom. The van der Waals surface area contributed by atoms with E-state index in [1.807, 2.05) is 38.1 Å². The molecule has 0 aliphatic heterocycles. The predicted molar refractivity (Wildman–Crippen MR) is 128 cm³/mol. The van der Waals surface area contributed by atoms with Crippen LogP contribution < -0.4 is 4.90 Å². The summed E-state index contributed by atoms with van der Waals surface area (Å²) < 4.78 is 26.0. The van der Waals surface area contributed by atoms with Crippen LogP contribution in [0.25, 0.3) is 10.2 Å². The second kappa shape index (κ2) is 10.1. The standard InChI is InChI=1S/C22H26ClN3O3S2/c1-16-18(23)11-12-19-21(16)24-22(30-19)26(14-13-25(2)3)20(27)10-7-15-31(28,29)17-8-5-4-6-9-17/h4-6,8-9,11-12H,7,10,13-15H2,1-3H3. The van der Waals surface area contributed by atoms with Crippen LogP contribution in [-0.4, -0.2) is 57.1 Å². The molecule has 9 heteroatoms. The van der Waals surface area contributed by atoms with Crippen LogP contribution in [0.1, 0.15) is 18.4 Å². The molecular weight excluding hydrogens is 454 g/mol. The van der Waals surface area contributed by atoms with Crippen molar-refractivity contribution in [1.29, 1.82) is 0 Å². The van der Waals surface area contributed by atoms with Crippen molar-refractivity contribution in [1.82, 2.24) is 9.88 Å². The number of fused-ring (bicyclic) bond motifs is 1. The minimum Gasteiger partial charge on any atom is -0.308 e. The van der Waals surface area contributed by atoms with E-state index in [4.69, 9.17) is 11.6 Å². The van der Waals surface area contributed by atoms with Gasteiger partial charge in [-0.1, -0.05) is 41.1 Å². The van der Waals surface area contributed by atoms with Crippen LogP contribution in [0.15, 0.2) is 47.4 Å². The SMILES string of the molecule is Cc1c(Cl)ccc2sc(N(CCN(C)C)C(=O)CCCS(=O)(=O)c3ccccc3)nc12. The fourth-order valence-corrected chi connectivity index (χ4v) is 5.68. The molecule has 0 fully saturated rings. The van der Waals surface area contributed by atoms with E-state index in [1.165, 1.54) is 11.3 Å². The van der Waals surface area contributed by atoms with Gasteiger partial charge >= 0.3 is 0 Å². The average molecular weight is 480 g/mol. The maximum absolute atomic E-state index is 13.1. The normalized spacial score (nSPS) is 11.9. The van der Waals surface area contributed by atoms with Gasteiger partial charge in [-0.05, 0) is 57.3 Å². The largest absolute Gasteiger partial charge is 0.308 e. The Kier molecular flexibility index (Phi) is 7.69. The molecule has 1 heterocycles. The van der Waals surface area contributed by atoms with Gasteiger partial charge in [-0.3, -0.25) is 9.69 Å². The number of carbonyl (C=O) groups is 1. The van der Waals surface area contributed by atoms with E-state index in [1.54, 1.807) is 35.2 Å². The zero-order valence-electron chi connectivity index (χ0n) is 17.8. The third kappa shape index (κ3) is 5.83. The highest BCUT2D eigenvalue weighted by Gasteiger charge is 2.22. The van der Waals surface area contributed by atoms with Crippen molar-refractivity contribution in [3.63, 3.8) is 0 Å². The van der Waals surface area contributed by atoms with E-state index < -0.39 is 9.84 Å². The van der Waals surface area contributed by atoms with Gasteiger partial charge in [0, 0.05) is 24.5 Å². The van der Waals surface area contributed by atoms with Gasteiger partial charge in [-0.15, -0.1) is 0 Å². The van der Waals surface area contributed by atoms with E-state index in [0.717, 1.165) is 15.8 Å². The average Bonchev–Trinajstić information content (AvgIpc) is 3.16. The highest BCUT2D eigenvalue weighted by molar-refractivity contribution is 7.91. The summed E-state index contributed by atoms with van der Waals surface area (Å²) in [6.07, 6.45) is 0.388. The molecule has 3 rings (SSSR count). The maximum Gasteiger partial charge on any atom is 0.228 e. The van der Waals surface area contributed by atoms with Crippen molar-refractivity contribution in [3.8, 4) is 0 Å². The number of aromatic nitrogens is 1. The molecule has 2 aromatic carbocycles. The number of hydrogen-bond donors (Lipinski definition) is 0. The number of thiazole rings is 1. The van der Waals surface area contributed by atoms with Gasteiger partial charge in [0.2, 0.25) is 5.91 Å². The van der Waals surface area contributed by atoms with Crippen molar-refractivity contribution in [3.05, 3.63) is 53.1 Å². The number of halogens is 1. The molecule has 0 saturated heterocycles. The summed E-state index contributed by atoms with van der Waals surface area (Å²) in [5.74, 6) is -0.202. The van der Waals surface area contributed by atoms with Gasteiger partial charge < -0.3 is 4.90 Å². The Morgan fingerprint density at radius 3 is 2.48 bits per heavy atom. The number of likely N-dealkylation sites (N-methyl/N-ethyl adjacent to an activating group) is 1. The molecule has 0 atom stereocenters. The summed E-state index contributed by atoms with van der Waals surface area (Å²) in [5.41, 5.74) is 1.68. The molecule has 0 aliphatic rings. The number of aryl methyl sites for hydroxylation is 1. The zero-order valence-corrected chi connectivity index (χ0v) is 20.2. The lowest BCUT2D eigenvalue weighted by Gasteiger charge is -2.22. The fraction of sp³-hybridized carbons (Fsp3) is 0.364. The second-order valence-electron chi connectivity index (χ2n) is 7.60. The number of sulfone groups is 1. The van der Waals surface area contributed by atoms with E-state index in [2.05, 4.69) is 4.98 Å². The summed E-state index contributed by atoms with van der Waals surface area (Å²) in [4.78, 5) is 21.7. The Bertz CT molecular complexity index is 1160. The van der Waals surface area contributed by atoms with Crippen LogP contribution >= 0.6 is 22.9 Å². The topological polar surface area (TPSA) is 70.6 Å². The molecule has 0 N–H and O–H groups in total. The molecule has 0 unspecified atom stereocenters. The number of nitrogens with zero attached hydrogens (tertiary/aromatic N) is 3. The molecule has 0 aliphatic carbocycles. The molecule has 6 nitrogen and oxygen atoms in total. The third-order valence-electron chi connectivity index (χ3n) is 4.95. The lowest BCUT2D eigenvalue weighted by molar-refractivity contribution is -0.118. The Balaban J connectivity index is 1.76. The van der Waals surface area contributed by atoms with Gasteiger partial charge in [0.1, 0.15) is 0 Å². The summed E-state index contributed by atoms with van der Waals surface area (Å²) in [5, 5.41) is 1.25. The van der Waals surface area contributed by atoms with Crippen molar-refractivity contribution in [2.75, 3.05) is 37.8 Å². The Morgan fingerprint density at radius 2 is 1.81 bits per heavy atom. The van der Waals surface area contributed by atoms with Gasteiger partial charge in [0.15, 0.2) is 15.0 Å². The third-order valence-corrected chi connectivity index (χ3v) is 8.21. The lowest BCUT2D eigenvalue weighted by Crippen LogP contribution is -2.36. The van der Waals surface area contributed by atoms with Crippen LogP contribution in [0.4, 0.5) is 5.13 Å². The minimum atomic E-state index is -3.41. The molecule has 0 bridgehead atoms. The van der Waals surface area contributed by atoms with E-state index in [-0.39, 0.29) is 29.4 Å². The van der Waals surface area contributed by atoms with Crippen molar-refractivity contribution < 1.29 is 13.2 Å². The molecule has 1 aromatic heterocycles. The minimum absolute atomic E-state index is 0.0706. The van der Waals surface area contributed by atoms with Crippen LogP contribution in [0.5, 0.6) is 0 Å². The Hall–Kier alpha value is -2.00. The number of amides is 1. The van der Waals surface area contributed by atoms with Crippen molar-refractivity contribution in [2.45, 2.75) is 24.7 Å². The molecular formula is C22H26ClN3O3S2.